The van der Waals surface area contributed by atoms with Gasteiger partial charge in [0.05, 0.1) is 23.7 Å². The summed E-state index contributed by atoms with van der Waals surface area (Å²) in [5, 5.41) is 17.5. The summed E-state index contributed by atoms with van der Waals surface area (Å²) in [7, 11) is 1.56. The Bertz CT molecular complexity index is 1560. The van der Waals surface area contributed by atoms with Crippen molar-refractivity contribution in [3.05, 3.63) is 75.7 Å². The first-order valence-electron chi connectivity index (χ1n) is 14.1. The summed E-state index contributed by atoms with van der Waals surface area (Å²) in [4.78, 5) is 15.1. The Morgan fingerprint density at radius 3 is 2.98 bits per heavy atom. The number of nitrogens with zero attached hydrogens (tertiary/aromatic N) is 3. The summed E-state index contributed by atoms with van der Waals surface area (Å²) in [6.07, 6.45) is 9.43. The van der Waals surface area contributed by atoms with Crippen LogP contribution < -0.4 is 26.1 Å². The van der Waals surface area contributed by atoms with Crippen LogP contribution >= 0.6 is 0 Å². The maximum Gasteiger partial charge on any atom is 0.224 e. The molecule has 40 heavy (non-hydrogen) atoms. The predicted octanol–water partition coefficient (Wildman–Crippen LogP) is 2.38. The van der Waals surface area contributed by atoms with E-state index in [4.69, 9.17) is 4.74 Å². The second-order valence-corrected chi connectivity index (χ2v) is 11.2. The number of ether oxygens (including phenoxy) is 1. The Morgan fingerprint density at radius 1 is 1.27 bits per heavy atom. The molecule has 0 radical (unpaired) electrons. The highest BCUT2D eigenvalue weighted by Crippen LogP contribution is 2.45. The van der Waals surface area contributed by atoms with Gasteiger partial charge in [-0.15, -0.1) is 0 Å². The molecule has 4 N–H and O–H groups in total. The molecule has 1 saturated carbocycles. The summed E-state index contributed by atoms with van der Waals surface area (Å²) in [5.41, 5.74) is 6.66. The van der Waals surface area contributed by atoms with E-state index < -0.39 is 0 Å². The van der Waals surface area contributed by atoms with Gasteiger partial charge >= 0.3 is 0 Å². The molecule has 3 heterocycles. The number of nitrogens with one attached hydrogen (secondary N) is 2. The van der Waals surface area contributed by atoms with Gasteiger partial charge in [-0.1, -0.05) is 30.2 Å². The van der Waals surface area contributed by atoms with Crippen LogP contribution in [0.1, 0.15) is 55.3 Å². The van der Waals surface area contributed by atoms with Gasteiger partial charge in [-0.3, -0.25) is 14.8 Å². The number of amides is 1. The molecule has 2 aromatic carbocycles. The van der Waals surface area contributed by atoms with Gasteiger partial charge in [0.25, 0.3) is 0 Å². The summed E-state index contributed by atoms with van der Waals surface area (Å²) in [6.45, 7) is 4.15. The Hall–Kier alpha value is -3.82. The van der Waals surface area contributed by atoms with E-state index in [0.29, 0.717) is 36.2 Å². The normalized spacial score (nSPS) is 20.7. The fourth-order valence-electron chi connectivity index (χ4n) is 6.02. The van der Waals surface area contributed by atoms with Gasteiger partial charge < -0.3 is 10.1 Å². The van der Waals surface area contributed by atoms with Crippen LogP contribution in [0.3, 0.4) is 0 Å². The third kappa shape index (κ3) is 5.71. The zero-order valence-corrected chi connectivity index (χ0v) is 23.0. The number of piperidine rings is 1. The molecule has 3 aliphatic rings. The molecule has 1 saturated heterocycles. The van der Waals surface area contributed by atoms with Crippen LogP contribution in [-0.4, -0.2) is 47.2 Å². The number of fused-ring (bicyclic) bond motifs is 1. The van der Waals surface area contributed by atoms with E-state index in [0.717, 1.165) is 53.3 Å². The van der Waals surface area contributed by atoms with E-state index in [-0.39, 0.29) is 24.2 Å². The number of methoxy groups -OCH3 is 1. The first-order chi connectivity index (χ1) is 19.5. The molecule has 8 nitrogen and oxygen atoms in total. The Labute approximate surface area is 233 Å². The highest BCUT2D eigenvalue weighted by atomic mass is 19.1. The number of carbonyl (C=O) groups excluding carboxylic acids is 1. The molecular formula is C31H36FN6O2+. The smallest absolute Gasteiger partial charge is 0.224 e. The topological polar surface area (TPSA) is 99.2 Å². The third-order valence-electron chi connectivity index (χ3n) is 7.95. The van der Waals surface area contributed by atoms with Crippen molar-refractivity contribution in [3.8, 4) is 17.0 Å². The summed E-state index contributed by atoms with van der Waals surface area (Å²) in [6, 6.07) is 11.2. The van der Waals surface area contributed by atoms with Crippen LogP contribution in [0.25, 0.3) is 23.5 Å². The summed E-state index contributed by atoms with van der Waals surface area (Å²) < 4.78 is 19.9. The van der Waals surface area contributed by atoms with Crippen molar-refractivity contribution in [1.29, 1.82) is 0 Å². The van der Waals surface area contributed by atoms with Gasteiger partial charge in [0.15, 0.2) is 0 Å². The molecule has 0 bridgehead atoms. The number of H-pyrrole nitrogens is 1. The van der Waals surface area contributed by atoms with Crippen molar-refractivity contribution in [2.24, 2.45) is 11.0 Å². The maximum atomic E-state index is 14.5. The summed E-state index contributed by atoms with van der Waals surface area (Å²) >= 11 is 0. The van der Waals surface area contributed by atoms with Gasteiger partial charge in [0.2, 0.25) is 5.91 Å². The minimum atomic E-state index is -0.264. The predicted molar refractivity (Wildman–Crippen MR) is 151 cm³/mol. The number of aromatic amines is 1. The number of benzene rings is 2. The van der Waals surface area contributed by atoms with E-state index in [1.807, 2.05) is 29.8 Å². The van der Waals surface area contributed by atoms with Crippen molar-refractivity contribution >= 4 is 18.2 Å². The number of halogens is 1. The van der Waals surface area contributed by atoms with Gasteiger partial charge in [-0.2, -0.15) is 10.5 Å². The number of nitrogens with two attached hydrogens (primary N) is 1. The first-order valence-corrected chi connectivity index (χ1v) is 14.1. The standard InChI is InChI=1S/C31H35FN6O2/c1-19-13-23(17-38(16-19)18-24-25(32)5-3-7-28(24)40-2)34-29(39)8-4-6-27-30(20-9-10-20)31(37-36-27)21-11-12-26-22(14-21)15-33-35-26/h3-7,11-12,14-15,19-20,23H,8-10,13,16-18H2,1-2H3,(H,33,35)(H,34,39)(H,36,37)/p+1. The van der Waals surface area contributed by atoms with Crippen molar-refractivity contribution < 1.29 is 19.3 Å². The van der Waals surface area contributed by atoms with Crippen molar-refractivity contribution in [1.82, 2.24) is 20.4 Å². The molecular weight excluding hydrogens is 507 g/mol. The molecule has 0 spiro atoms. The number of likely N-dealkylation sites (tertiary alicyclic amines) is 1. The lowest BCUT2D eigenvalue weighted by Gasteiger charge is -2.37. The number of quaternary nitrogens is 1. The van der Waals surface area contributed by atoms with Crippen molar-refractivity contribution in [2.75, 3.05) is 20.2 Å². The van der Waals surface area contributed by atoms with E-state index in [1.54, 1.807) is 19.2 Å². The largest absolute Gasteiger partial charge is 0.496 e. The maximum absolute atomic E-state index is 14.5. The fourth-order valence-corrected chi connectivity index (χ4v) is 6.02. The second-order valence-electron chi connectivity index (χ2n) is 11.2. The Kier molecular flexibility index (Phi) is 7.49. The zero-order chi connectivity index (χ0) is 27.6. The Balaban J connectivity index is 1.09. The number of carbonyl (C=O) groups is 1. The lowest BCUT2D eigenvalue weighted by molar-refractivity contribution is -0.559. The fraction of sp³-hybridized carbons (Fsp3) is 0.387. The van der Waals surface area contributed by atoms with Crippen molar-refractivity contribution in [2.45, 2.75) is 51.1 Å². The van der Waals surface area contributed by atoms with E-state index >= 15 is 0 Å². The van der Waals surface area contributed by atoms with Crippen LogP contribution in [-0.2, 0) is 11.3 Å². The molecule has 1 aliphatic carbocycles. The molecule has 2 unspecified atom stereocenters. The van der Waals surface area contributed by atoms with Gasteiger partial charge in [0, 0.05) is 48.8 Å². The lowest BCUT2D eigenvalue weighted by atomic mass is 9.95. The quantitative estimate of drug-likeness (QED) is 0.361. The van der Waals surface area contributed by atoms with E-state index in [2.05, 4.69) is 44.6 Å². The number of hydrogen-bond acceptors (Lipinski definition) is 5. The Morgan fingerprint density at radius 2 is 2.15 bits per heavy atom. The summed E-state index contributed by atoms with van der Waals surface area (Å²) in [5.74, 6) is 1.17. The molecule has 2 aliphatic heterocycles. The van der Waals surface area contributed by atoms with Crippen LogP contribution in [0, 0.1) is 11.7 Å². The minimum Gasteiger partial charge on any atom is -0.496 e. The minimum absolute atomic E-state index is 0.0133. The van der Waals surface area contributed by atoms with Gasteiger partial charge in [-0.25, -0.2) is 4.39 Å². The highest BCUT2D eigenvalue weighted by molar-refractivity contribution is 5.79. The van der Waals surface area contributed by atoms with E-state index in [1.165, 1.54) is 11.6 Å². The van der Waals surface area contributed by atoms with E-state index in [9.17, 15) is 9.18 Å². The second kappa shape index (κ2) is 11.3. The first kappa shape index (κ1) is 26.4. The molecule has 2 fully saturated rings. The molecule has 9 heteroatoms. The van der Waals surface area contributed by atoms with Crippen LogP contribution in [0.15, 0.2) is 47.6 Å². The van der Waals surface area contributed by atoms with Crippen LogP contribution in [0.5, 0.6) is 5.75 Å². The average Bonchev–Trinajstić information content (AvgIpc) is 3.50. The average molecular weight is 544 g/mol. The van der Waals surface area contributed by atoms with Crippen LogP contribution in [0.4, 0.5) is 4.39 Å². The zero-order valence-electron chi connectivity index (χ0n) is 23.0. The van der Waals surface area contributed by atoms with Gasteiger partial charge in [0.1, 0.15) is 23.1 Å². The molecule has 1 amide bonds. The lowest BCUT2D eigenvalue weighted by Crippen LogP contribution is -2.69. The molecule has 1 aromatic heterocycles. The molecule has 2 atom stereocenters. The number of hydrogen-bond donors (Lipinski definition) is 3. The third-order valence-corrected chi connectivity index (χ3v) is 7.95. The van der Waals surface area contributed by atoms with Gasteiger partial charge in [-0.05, 0) is 61.4 Å². The van der Waals surface area contributed by atoms with Crippen molar-refractivity contribution in [3.63, 3.8) is 0 Å². The highest BCUT2D eigenvalue weighted by Gasteiger charge is 2.31. The number of rotatable bonds is 9. The monoisotopic (exact) mass is 543 g/mol. The molecule has 6 rings (SSSR count). The molecule has 3 aromatic rings. The SMILES string of the molecule is COc1cccc(F)c1CN1CC(C)CC(NC(=O)CC=Cc2[nH]nc(-c3ccc4c(c3)=C[NH2+]N=4)c2C2CC2)C1. The van der Waals surface area contributed by atoms with Crippen LogP contribution in [0.2, 0.25) is 0 Å². The number of aromatic nitrogens is 2. The molecule has 208 valence electrons.